The van der Waals surface area contributed by atoms with Gasteiger partial charge in [-0.25, -0.2) is 0 Å². The predicted molar refractivity (Wildman–Crippen MR) is 87.2 cm³/mol. The molecule has 0 atom stereocenters. The lowest BCUT2D eigenvalue weighted by atomic mass is 9.99. The normalized spacial score (nSPS) is 16.7. The number of benzene rings is 1. The predicted octanol–water partition coefficient (Wildman–Crippen LogP) is 3.41. The van der Waals surface area contributed by atoms with Crippen molar-refractivity contribution in [3.8, 4) is 0 Å². The highest BCUT2D eigenvalue weighted by Gasteiger charge is 2.29. The van der Waals surface area contributed by atoms with Gasteiger partial charge in [0, 0.05) is 11.4 Å². The number of fused-ring (bicyclic) bond motifs is 2. The van der Waals surface area contributed by atoms with Crippen LogP contribution >= 0.6 is 11.3 Å². The van der Waals surface area contributed by atoms with Crippen LogP contribution in [-0.4, -0.2) is 12.5 Å². The van der Waals surface area contributed by atoms with Crippen LogP contribution in [0.1, 0.15) is 38.5 Å². The molecular formula is C17H18N2OS. The van der Waals surface area contributed by atoms with Gasteiger partial charge in [-0.3, -0.25) is 4.79 Å². The fourth-order valence-corrected chi connectivity index (χ4v) is 4.62. The third-order valence-corrected chi connectivity index (χ3v) is 5.70. The zero-order chi connectivity index (χ0) is 14.4. The second-order valence-corrected chi connectivity index (χ2v) is 6.96. The highest BCUT2D eigenvalue weighted by Crippen LogP contribution is 2.37. The van der Waals surface area contributed by atoms with E-state index in [1.807, 2.05) is 17.0 Å². The van der Waals surface area contributed by atoms with Crippen LogP contribution in [0.15, 0.2) is 24.3 Å². The number of aryl methyl sites for hydroxylation is 2. The third-order valence-electron chi connectivity index (χ3n) is 4.48. The fourth-order valence-electron chi connectivity index (χ4n) is 3.42. The lowest BCUT2D eigenvalue weighted by molar-refractivity contribution is 0.0993. The standard InChI is InChI=1S/C17H18N2OS/c18-13-6-3-5-11-8-9-19(16(11)13)17(20)15-10-12-4-1-2-7-14(12)21-15/h3,5-6,10H,1-2,4,7-9,18H2. The van der Waals surface area contributed by atoms with Crippen LogP contribution in [0, 0.1) is 0 Å². The van der Waals surface area contributed by atoms with Crippen LogP contribution in [0.25, 0.3) is 0 Å². The first-order valence-electron chi connectivity index (χ1n) is 7.55. The highest BCUT2D eigenvalue weighted by atomic mass is 32.1. The molecule has 0 saturated heterocycles. The van der Waals surface area contributed by atoms with Crippen molar-refractivity contribution in [3.05, 3.63) is 45.1 Å². The molecule has 108 valence electrons. The van der Waals surface area contributed by atoms with Gasteiger partial charge >= 0.3 is 0 Å². The summed E-state index contributed by atoms with van der Waals surface area (Å²) in [5, 5.41) is 0. The molecule has 1 aromatic carbocycles. The van der Waals surface area contributed by atoms with E-state index in [2.05, 4.69) is 12.1 Å². The Morgan fingerprint density at radius 2 is 2.00 bits per heavy atom. The number of thiophene rings is 1. The number of nitrogens with zero attached hydrogens (tertiary/aromatic N) is 1. The summed E-state index contributed by atoms with van der Waals surface area (Å²) in [6.45, 7) is 0.741. The van der Waals surface area contributed by atoms with Crippen molar-refractivity contribution in [1.29, 1.82) is 0 Å². The Hall–Kier alpha value is -1.81. The van der Waals surface area contributed by atoms with Gasteiger partial charge in [0.15, 0.2) is 0 Å². The number of hydrogen-bond acceptors (Lipinski definition) is 3. The van der Waals surface area contributed by atoms with Crippen molar-refractivity contribution in [3.63, 3.8) is 0 Å². The summed E-state index contributed by atoms with van der Waals surface area (Å²) < 4.78 is 0. The smallest absolute Gasteiger partial charge is 0.268 e. The summed E-state index contributed by atoms with van der Waals surface area (Å²) in [6, 6.07) is 8.02. The summed E-state index contributed by atoms with van der Waals surface area (Å²) in [4.78, 5) is 17.0. The Bertz CT molecular complexity index is 696. The molecule has 2 aliphatic rings. The van der Waals surface area contributed by atoms with Crippen molar-refractivity contribution in [2.75, 3.05) is 17.2 Å². The zero-order valence-corrected chi connectivity index (χ0v) is 12.7. The van der Waals surface area contributed by atoms with Crippen molar-refractivity contribution >= 4 is 28.6 Å². The Morgan fingerprint density at radius 1 is 1.14 bits per heavy atom. The molecule has 2 heterocycles. The molecule has 0 saturated carbocycles. The molecule has 1 aliphatic heterocycles. The summed E-state index contributed by atoms with van der Waals surface area (Å²) in [6.07, 6.45) is 5.65. The molecule has 0 fully saturated rings. The Kier molecular flexibility index (Phi) is 3.00. The van der Waals surface area contributed by atoms with E-state index in [1.54, 1.807) is 11.3 Å². The van der Waals surface area contributed by atoms with Crippen molar-refractivity contribution in [2.24, 2.45) is 0 Å². The molecule has 1 aliphatic carbocycles. The summed E-state index contributed by atoms with van der Waals surface area (Å²) in [5.41, 5.74) is 10.3. The minimum Gasteiger partial charge on any atom is -0.397 e. The van der Waals surface area contributed by atoms with Gasteiger partial charge in [-0.1, -0.05) is 12.1 Å². The topological polar surface area (TPSA) is 46.3 Å². The molecule has 1 aromatic heterocycles. The van der Waals surface area contributed by atoms with Crippen LogP contribution in [0.3, 0.4) is 0 Å². The quantitative estimate of drug-likeness (QED) is 0.820. The van der Waals surface area contributed by atoms with Crippen LogP contribution in [-0.2, 0) is 19.3 Å². The Morgan fingerprint density at radius 3 is 2.86 bits per heavy atom. The summed E-state index contributed by atoms with van der Waals surface area (Å²) >= 11 is 1.68. The summed E-state index contributed by atoms with van der Waals surface area (Å²) in [5.74, 6) is 0.117. The van der Waals surface area contributed by atoms with Crippen LogP contribution in [0.4, 0.5) is 11.4 Å². The second-order valence-electron chi connectivity index (χ2n) is 5.83. The maximum atomic E-state index is 12.9. The molecule has 21 heavy (non-hydrogen) atoms. The molecule has 0 radical (unpaired) electrons. The van der Waals surface area contributed by atoms with Crippen molar-refractivity contribution in [2.45, 2.75) is 32.1 Å². The van der Waals surface area contributed by atoms with E-state index in [4.69, 9.17) is 5.73 Å². The van der Waals surface area contributed by atoms with Crippen LogP contribution in [0.2, 0.25) is 0 Å². The lowest BCUT2D eigenvalue weighted by Gasteiger charge is -2.18. The molecule has 4 rings (SSSR count). The first-order chi connectivity index (χ1) is 10.2. The van der Waals surface area contributed by atoms with Gasteiger partial charge in [-0.15, -0.1) is 11.3 Å². The number of nitrogen functional groups attached to an aromatic ring is 1. The van der Waals surface area contributed by atoms with Gasteiger partial charge in [-0.2, -0.15) is 0 Å². The molecule has 1 amide bonds. The monoisotopic (exact) mass is 298 g/mol. The minimum absolute atomic E-state index is 0.117. The summed E-state index contributed by atoms with van der Waals surface area (Å²) in [7, 11) is 0. The maximum Gasteiger partial charge on any atom is 0.268 e. The van der Waals surface area contributed by atoms with E-state index in [-0.39, 0.29) is 5.91 Å². The first kappa shape index (κ1) is 12.9. The molecule has 2 N–H and O–H groups in total. The molecule has 0 unspecified atom stereocenters. The molecular weight excluding hydrogens is 280 g/mol. The van der Waals surface area contributed by atoms with Gasteiger partial charge in [0.05, 0.1) is 16.3 Å². The van der Waals surface area contributed by atoms with Crippen LogP contribution < -0.4 is 10.6 Å². The zero-order valence-electron chi connectivity index (χ0n) is 11.9. The average Bonchev–Trinajstić information content (AvgIpc) is 3.11. The number of amides is 1. The Labute approximate surface area is 128 Å². The van der Waals surface area contributed by atoms with Crippen molar-refractivity contribution < 1.29 is 4.79 Å². The number of carbonyl (C=O) groups is 1. The Balaban J connectivity index is 1.69. The van der Waals surface area contributed by atoms with E-state index >= 15 is 0 Å². The minimum atomic E-state index is 0.117. The highest BCUT2D eigenvalue weighted by molar-refractivity contribution is 7.14. The largest absolute Gasteiger partial charge is 0.397 e. The number of rotatable bonds is 1. The molecule has 0 bridgehead atoms. The van der Waals surface area contributed by atoms with Crippen molar-refractivity contribution in [1.82, 2.24) is 0 Å². The van der Waals surface area contributed by atoms with Gasteiger partial charge in [0.25, 0.3) is 5.91 Å². The van der Waals surface area contributed by atoms with Gasteiger partial charge < -0.3 is 10.6 Å². The van der Waals surface area contributed by atoms with Crippen LogP contribution in [0.5, 0.6) is 0 Å². The van der Waals surface area contributed by atoms with E-state index in [9.17, 15) is 4.79 Å². The number of nitrogens with two attached hydrogens (primary N) is 1. The molecule has 4 heteroatoms. The average molecular weight is 298 g/mol. The third kappa shape index (κ3) is 2.05. The molecule has 0 spiro atoms. The SMILES string of the molecule is Nc1cccc2c1N(C(=O)c1cc3c(s1)CCCC3)CC2. The van der Waals surface area contributed by atoms with E-state index < -0.39 is 0 Å². The second kappa shape index (κ2) is 4.88. The molecule has 2 aromatic rings. The van der Waals surface area contributed by atoms with E-state index in [1.165, 1.54) is 28.8 Å². The maximum absolute atomic E-state index is 12.9. The fraction of sp³-hybridized carbons (Fsp3) is 0.353. The first-order valence-corrected chi connectivity index (χ1v) is 8.36. The number of hydrogen-bond donors (Lipinski definition) is 1. The van der Waals surface area contributed by atoms with Gasteiger partial charge in [-0.05, 0) is 55.4 Å². The number of anilines is 2. The molecule has 3 nitrogen and oxygen atoms in total. The lowest BCUT2D eigenvalue weighted by Crippen LogP contribution is -2.28. The van der Waals surface area contributed by atoms with E-state index in [0.717, 1.165) is 36.4 Å². The van der Waals surface area contributed by atoms with Gasteiger partial charge in [0.1, 0.15) is 0 Å². The number of para-hydroxylation sites is 1. The van der Waals surface area contributed by atoms with E-state index in [0.29, 0.717) is 5.69 Å². The van der Waals surface area contributed by atoms with Gasteiger partial charge in [0.2, 0.25) is 0 Å². The number of carbonyl (C=O) groups excluding carboxylic acids is 1.